The van der Waals surface area contributed by atoms with Crippen LogP contribution in [0.2, 0.25) is 0 Å². The van der Waals surface area contributed by atoms with Crippen LogP contribution in [0, 0.1) is 0 Å². The van der Waals surface area contributed by atoms with Gasteiger partial charge >= 0.3 is 5.91 Å². The third-order valence-electron chi connectivity index (χ3n) is 4.72. The van der Waals surface area contributed by atoms with Crippen molar-refractivity contribution in [2.24, 2.45) is 0 Å². The molecule has 1 aliphatic heterocycles. The highest BCUT2D eigenvalue weighted by molar-refractivity contribution is 6.44. The van der Waals surface area contributed by atoms with Crippen LogP contribution < -0.4 is 14.4 Å². The Kier molecular flexibility index (Phi) is 4.89. The zero-order valence-corrected chi connectivity index (χ0v) is 16.6. The number of nitrogens with zero attached hydrogens (tertiary/aromatic N) is 1. The zero-order chi connectivity index (χ0) is 20.6. The predicted molar refractivity (Wildman–Crippen MR) is 107 cm³/mol. The number of hydrogen-bond donors (Lipinski definition) is 1. The molecule has 0 fully saturated rings. The fraction of sp³-hybridized carbons (Fsp3) is 0.273. The number of rotatable bonds is 4. The summed E-state index contributed by atoms with van der Waals surface area (Å²) in [6.07, 6.45) is 0. The second-order valence-corrected chi connectivity index (χ2v) is 7.54. The molecule has 0 aromatic heterocycles. The first-order valence-corrected chi connectivity index (χ1v) is 8.84. The van der Waals surface area contributed by atoms with Crippen molar-refractivity contribution in [3.63, 3.8) is 0 Å². The van der Waals surface area contributed by atoms with Crippen LogP contribution in [-0.2, 0) is 15.0 Å². The van der Waals surface area contributed by atoms with E-state index >= 15 is 0 Å². The van der Waals surface area contributed by atoms with E-state index in [9.17, 15) is 14.7 Å². The van der Waals surface area contributed by atoms with Crippen LogP contribution in [-0.4, -0.2) is 31.1 Å². The number of imide groups is 1. The van der Waals surface area contributed by atoms with Gasteiger partial charge in [0.15, 0.2) is 17.3 Å². The molecule has 2 aromatic carbocycles. The Labute approximate surface area is 164 Å². The summed E-state index contributed by atoms with van der Waals surface area (Å²) in [6, 6.07) is 11.9. The van der Waals surface area contributed by atoms with E-state index in [-0.39, 0.29) is 11.0 Å². The van der Waals surface area contributed by atoms with E-state index < -0.39 is 17.6 Å². The Morgan fingerprint density at radius 1 is 0.857 bits per heavy atom. The molecule has 2 amide bonds. The Bertz CT molecular complexity index is 967. The lowest BCUT2D eigenvalue weighted by Crippen LogP contribution is -2.31. The number of methoxy groups -OCH3 is 2. The highest BCUT2D eigenvalue weighted by Crippen LogP contribution is 2.36. The van der Waals surface area contributed by atoms with Crippen molar-refractivity contribution >= 4 is 23.1 Å². The van der Waals surface area contributed by atoms with Crippen molar-refractivity contribution in [2.75, 3.05) is 19.1 Å². The first-order valence-electron chi connectivity index (χ1n) is 8.84. The van der Waals surface area contributed by atoms with E-state index in [1.807, 2.05) is 12.1 Å². The summed E-state index contributed by atoms with van der Waals surface area (Å²) in [5.74, 6) is -1.04. The average Bonchev–Trinajstić information content (AvgIpc) is 2.89. The lowest BCUT2D eigenvalue weighted by molar-refractivity contribution is -0.121. The molecular weight excluding hydrogens is 358 g/mol. The van der Waals surface area contributed by atoms with Gasteiger partial charge in [0.05, 0.1) is 25.5 Å². The van der Waals surface area contributed by atoms with Crippen LogP contribution in [0.4, 0.5) is 5.69 Å². The van der Waals surface area contributed by atoms with Crippen LogP contribution >= 0.6 is 0 Å². The smallest absolute Gasteiger partial charge is 0.301 e. The molecule has 28 heavy (non-hydrogen) atoms. The van der Waals surface area contributed by atoms with E-state index in [1.165, 1.54) is 14.2 Å². The molecule has 0 aliphatic carbocycles. The quantitative estimate of drug-likeness (QED) is 0.815. The van der Waals surface area contributed by atoms with Crippen molar-refractivity contribution in [1.82, 2.24) is 0 Å². The van der Waals surface area contributed by atoms with Crippen molar-refractivity contribution in [2.45, 2.75) is 26.2 Å². The molecule has 1 heterocycles. The lowest BCUT2D eigenvalue weighted by atomic mass is 9.87. The van der Waals surface area contributed by atoms with Gasteiger partial charge in [0.25, 0.3) is 5.91 Å². The monoisotopic (exact) mass is 381 g/mol. The molecule has 0 saturated carbocycles. The summed E-state index contributed by atoms with van der Waals surface area (Å²) in [5, 5.41) is 10.4. The average molecular weight is 381 g/mol. The second kappa shape index (κ2) is 7.03. The molecule has 3 rings (SSSR count). The zero-order valence-electron chi connectivity index (χ0n) is 16.6. The fourth-order valence-electron chi connectivity index (χ4n) is 3.12. The summed E-state index contributed by atoms with van der Waals surface area (Å²) >= 11 is 0. The van der Waals surface area contributed by atoms with Gasteiger partial charge in [-0.05, 0) is 40.8 Å². The number of ether oxygens (including phenoxy) is 2. The van der Waals surface area contributed by atoms with Crippen molar-refractivity contribution in [3.8, 4) is 11.5 Å². The van der Waals surface area contributed by atoms with Crippen molar-refractivity contribution < 1.29 is 24.2 Å². The van der Waals surface area contributed by atoms with E-state index in [0.717, 1.165) is 10.5 Å². The highest BCUT2D eigenvalue weighted by atomic mass is 16.5. The number of aliphatic hydroxyl groups excluding tert-OH is 1. The van der Waals surface area contributed by atoms with Crippen LogP contribution in [0.1, 0.15) is 31.9 Å². The van der Waals surface area contributed by atoms with E-state index in [4.69, 9.17) is 9.47 Å². The molecule has 6 heteroatoms. The lowest BCUT2D eigenvalue weighted by Gasteiger charge is -2.21. The minimum atomic E-state index is -0.752. The number of aliphatic hydroxyl groups is 1. The van der Waals surface area contributed by atoms with Crippen LogP contribution in [0.5, 0.6) is 11.5 Å². The van der Waals surface area contributed by atoms with E-state index in [2.05, 4.69) is 20.8 Å². The minimum absolute atomic E-state index is 0.0528. The summed E-state index contributed by atoms with van der Waals surface area (Å²) in [7, 11) is 2.97. The Hall–Kier alpha value is -3.28. The number of amides is 2. The minimum Gasteiger partial charge on any atom is -0.502 e. The molecule has 146 valence electrons. The molecule has 0 bridgehead atoms. The first-order chi connectivity index (χ1) is 13.2. The standard InChI is InChI=1S/C22H23NO5/c1-22(2,3)14-7-9-15(10-8-14)23-20(25)18(19(24)21(23)26)13-6-11-16(27-4)17(12-13)28-5/h6-12,24H,1-5H3. The summed E-state index contributed by atoms with van der Waals surface area (Å²) < 4.78 is 10.4. The van der Waals surface area contributed by atoms with E-state index in [1.54, 1.807) is 30.3 Å². The SMILES string of the molecule is COc1ccc(C2=C(O)C(=O)N(c3ccc(C(C)(C)C)cc3)C2=O)cc1OC. The number of benzene rings is 2. The molecule has 0 radical (unpaired) electrons. The molecule has 0 spiro atoms. The number of carbonyl (C=O) groups excluding carboxylic acids is 2. The highest BCUT2D eigenvalue weighted by Gasteiger charge is 2.40. The van der Waals surface area contributed by atoms with Crippen molar-refractivity contribution in [3.05, 3.63) is 59.4 Å². The summed E-state index contributed by atoms with van der Waals surface area (Å²) in [5.41, 5.74) is 1.74. The van der Waals surface area contributed by atoms with Gasteiger partial charge in [-0.25, -0.2) is 4.90 Å². The molecule has 6 nitrogen and oxygen atoms in total. The summed E-state index contributed by atoms with van der Waals surface area (Å²) in [4.78, 5) is 26.6. The van der Waals surface area contributed by atoms with Crippen LogP contribution in [0.25, 0.3) is 5.57 Å². The van der Waals surface area contributed by atoms with Crippen LogP contribution in [0.3, 0.4) is 0 Å². The van der Waals surface area contributed by atoms with Crippen LogP contribution in [0.15, 0.2) is 48.2 Å². The maximum atomic E-state index is 13.0. The Morgan fingerprint density at radius 3 is 2.00 bits per heavy atom. The maximum absolute atomic E-state index is 13.0. The molecule has 0 unspecified atom stereocenters. The molecular formula is C22H23NO5. The predicted octanol–water partition coefficient (Wildman–Crippen LogP) is 3.84. The van der Waals surface area contributed by atoms with Gasteiger partial charge in [0.1, 0.15) is 0 Å². The fourth-order valence-corrected chi connectivity index (χ4v) is 3.12. The molecule has 1 N–H and O–H groups in total. The third kappa shape index (κ3) is 3.22. The summed E-state index contributed by atoms with van der Waals surface area (Å²) in [6.45, 7) is 6.24. The third-order valence-corrected chi connectivity index (χ3v) is 4.72. The first kappa shape index (κ1) is 19.5. The van der Waals surface area contributed by atoms with Crippen molar-refractivity contribution in [1.29, 1.82) is 0 Å². The molecule has 2 aromatic rings. The topological polar surface area (TPSA) is 76.1 Å². The maximum Gasteiger partial charge on any atom is 0.301 e. The van der Waals surface area contributed by atoms with Gasteiger partial charge in [-0.15, -0.1) is 0 Å². The second-order valence-electron chi connectivity index (χ2n) is 7.54. The Balaban J connectivity index is 1.99. The Morgan fingerprint density at radius 2 is 1.46 bits per heavy atom. The number of hydrogen-bond acceptors (Lipinski definition) is 5. The molecule has 0 saturated heterocycles. The number of carbonyl (C=O) groups is 2. The van der Waals surface area contributed by atoms with Gasteiger partial charge in [-0.3, -0.25) is 9.59 Å². The van der Waals surface area contributed by atoms with E-state index in [0.29, 0.717) is 22.7 Å². The number of anilines is 1. The van der Waals surface area contributed by atoms with Gasteiger partial charge in [0.2, 0.25) is 0 Å². The van der Waals surface area contributed by atoms with Gasteiger partial charge in [-0.2, -0.15) is 0 Å². The molecule has 0 atom stereocenters. The normalized spacial score (nSPS) is 14.7. The largest absolute Gasteiger partial charge is 0.502 e. The van der Waals surface area contributed by atoms with Gasteiger partial charge in [0, 0.05) is 0 Å². The van der Waals surface area contributed by atoms with Gasteiger partial charge < -0.3 is 14.6 Å². The molecule has 1 aliphatic rings. The van der Waals surface area contributed by atoms with Gasteiger partial charge in [-0.1, -0.05) is 39.0 Å².